The van der Waals surface area contributed by atoms with Crippen LogP contribution in [0, 0.1) is 0 Å². The van der Waals surface area contributed by atoms with E-state index in [0.29, 0.717) is 12.8 Å². The van der Waals surface area contributed by atoms with Crippen molar-refractivity contribution < 1.29 is 22.7 Å². The topological polar surface area (TPSA) is 72.9 Å². The van der Waals surface area contributed by atoms with Crippen molar-refractivity contribution in [3.05, 3.63) is 54.1 Å². The van der Waals surface area contributed by atoms with E-state index in [1.165, 1.54) is 4.31 Å². The molecule has 1 saturated heterocycles. The van der Waals surface area contributed by atoms with Crippen LogP contribution in [0.25, 0.3) is 11.1 Å². The summed E-state index contributed by atoms with van der Waals surface area (Å²) >= 11 is 0. The first-order valence-electron chi connectivity index (χ1n) is 10.0. The summed E-state index contributed by atoms with van der Waals surface area (Å²) in [6, 6.07) is 14.7. The van der Waals surface area contributed by atoms with E-state index in [1.54, 1.807) is 27.9 Å². The Bertz CT molecular complexity index is 976. The summed E-state index contributed by atoms with van der Waals surface area (Å²) in [5.41, 5.74) is 2.22. The van der Waals surface area contributed by atoms with E-state index in [9.17, 15) is 13.2 Å². The van der Waals surface area contributed by atoms with E-state index >= 15 is 0 Å². The number of sulfonamides is 1. The van der Waals surface area contributed by atoms with Gasteiger partial charge < -0.3 is 9.47 Å². The Morgan fingerprint density at radius 1 is 1.03 bits per heavy atom. The van der Waals surface area contributed by atoms with E-state index in [4.69, 9.17) is 9.47 Å². The van der Waals surface area contributed by atoms with Crippen LogP contribution in [0.3, 0.4) is 0 Å². The molecule has 2 aromatic rings. The van der Waals surface area contributed by atoms with Gasteiger partial charge in [0.1, 0.15) is 17.4 Å². The van der Waals surface area contributed by atoms with Crippen molar-refractivity contribution in [2.75, 3.05) is 12.9 Å². The average molecular weight is 432 g/mol. The summed E-state index contributed by atoms with van der Waals surface area (Å²) in [5.74, 6) is 0.357. The highest BCUT2D eigenvalue weighted by atomic mass is 32.2. The van der Waals surface area contributed by atoms with Crippen molar-refractivity contribution in [3.8, 4) is 16.9 Å². The van der Waals surface area contributed by atoms with Crippen LogP contribution in [-0.2, 0) is 26.1 Å². The summed E-state index contributed by atoms with van der Waals surface area (Å²) < 4.78 is 37.4. The van der Waals surface area contributed by atoms with Crippen LogP contribution in [0.1, 0.15) is 39.2 Å². The molecule has 6 nitrogen and oxygen atoms in total. The van der Waals surface area contributed by atoms with Crippen molar-refractivity contribution >= 4 is 16.0 Å². The number of ether oxygens (including phenoxy) is 2. The highest BCUT2D eigenvalue weighted by Gasteiger charge is 2.40. The van der Waals surface area contributed by atoms with Crippen LogP contribution >= 0.6 is 0 Å². The molecule has 0 saturated carbocycles. The predicted molar refractivity (Wildman–Crippen MR) is 117 cm³/mol. The number of carbonyl (C=O) groups is 1. The van der Waals surface area contributed by atoms with Gasteiger partial charge in [0.05, 0.1) is 12.9 Å². The van der Waals surface area contributed by atoms with Gasteiger partial charge in [0.15, 0.2) is 0 Å². The molecule has 0 aliphatic carbocycles. The van der Waals surface area contributed by atoms with Crippen LogP contribution in [0.15, 0.2) is 48.5 Å². The Balaban J connectivity index is 1.79. The molecule has 162 valence electrons. The fourth-order valence-electron chi connectivity index (χ4n) is 3.49. The van der Waals surface area contributed by atoms with Gasteiger partial charge in [-0.05, 0) is 62.4 Å². The van der Waals surface area contributed by atoms with Crippen LogP contribution < -0.4 is 4.74 Å². The minimum atomic E-state index is -3.52. The normalized spacial score (nSPS) is 19.3. The first kappa shape index (κ1) is 22.3. The highest BCUT2D eigenvalue weighted by Crippen LogP contribution is 2.27. The second kappa shape index (κ2) is 8.78. The van der Waals surface area contributed by atoms with Gasteiger partial charge in [-0.3, -0.25) is 4.79 Å². The third-order valence-electron chi connectivity index (χ3n) is 4.98. The number of benzene rings is 2. The first-order valence-corrected chi connectivity index (χ1v) is 11.7. The van der Waals surface area contributed by atoms with E-state index in [1.807, 2.05) is 48.5 Å². The van der Waals surface area contributed by atoms with Gasteiger partial charge in [-0.1, -0.05) is 36.4 Å². The molecule has 1 fully saturated rings. The fourth-order valence-corrected chi connectivity index (χ4v) is 5.18. The molecule has 30 heavy (non-hydrogen) atoms. The van der Waals surface area contributed by atoms with Crippen LogP contribution in [-0.4, -0.2) is 43.2 Å². The average Bonchev–Trinajstić information content (AvgIpc) is 2.68. The number of carbonyl (C=O) groups excluding carboxylic acids is 1. The van der Waals surface area contributed by atoms with Gasteiger partial charge in [0.2, 0.25) is 10.0 Å². The molecule has 2 aromatic carbocycles. The molecule has 0 aromatic heterocycles. The van der Waals surface area contributed by atoms with Crippen molar-refractivity contribution in [1.29, 1.82) is 0 Å². The lowest BCUT2D eigenvalue weighted by molar-refractivity contribution is -0.160. The molecule has 1 aliphatic rings. The summed E-state index contributed by atoms with van der Waals surface area (Å²) in [6.07, 6.45) is 0.928. The molecule has 3 rings (SSSR count). The van der Waals surface area contributed by atoms with Crippen molar-refractivity contribution in [2.45, 2.75) is 51.8 Å². The molecule has 0 bridgehead atoms. The Kier molecular flexibility index (Phi) is 6.53. The second-order valence-corrected chi connectivity index (χ2v) is 10.5. The maximum atomic E-state index is 12.7. The largest absolute Gasteiger partial charge is 0.497 e. The molecule has 1 atom stereocenters. The van der Waals surface area contributed by atoms with Crippen molar-refractivity contribution in [3.63, 3.8) is 0 Å². The third kappa shape index (κ3) is 5.40. The molecule has 0 N–H and O–H groups in total. The molecule has 0 radical (unpaired) electrons. The monoisotopic (exact) mass is 431 g/mol. The minimum Gasteiger partial charge on any atom is -0.497 e. The SMILES string of the molecule is COc1ccc(-c2ccc(CN3[C@@H](C(=O)OC(C)(C)C)CCCS3(=O)=O)cc2)cc1. The first-order chi connectivity index (χ1) is 14.1. The zero-order chi connectivity index (χ0) is 21.9. The smallest absolute Gasteiger partial charge is 0.324 e. The zero-order valence-corrected chi connectivity index (χ0v) is 18.7. The van der Waals surface area contributed by atoms with Crippen LogP contribution in [0.4, 0.5) is 0 Å². The van der Waals surface area contributed by atoms with Crippen molar-refractivity contribution in [2.24, 2.45) is 0 Å². The summed E-state index contributed by atoms with van der Waals surface area (Å²) in [4.78, 5) is 12.7. The Labute approximate surface area is 178 Å². The predicted octanol–water partition coefficient (Wildman–Crippen LogP) is 4.00. The van der Waals surface area contributed by atoms with Gasteiger partial charge in [-0.15, -0.1) is 0 Å². The molecule has 1 heterocycles. The lowest BCUT2D eigenvalue weighted by atomic mass is 10.0. The van der Waals surface area contributed by atoms with Gasteiger partial charge in [-0.2, -0.15) is 4.31 Å². The van der Waals surface area contributed by atoms with Gasteiger partial charge in [0, 0.05) is 6.54 Å². The van der Waals surface area contributed by atoms with Gasteiger partial charge in [-0.25, -0.2) is 8.42 Å². The fraction of sp³-hybridized carbons (Fsp3) is 0.435. The third-order valence-corrected chi connectivity index (χ3v) is 6.88. The maximum absolute atomic E-state index is 12.7. The molecule has 0 unspecified atom stereocenters. The van der Waals surface area contributed by atoms with Gasteiger partial charge >= 0.3 is 5.97 Å². The number of hydrogen-bond acceptors (Lipinski definition) is 5. The number of hydrogen-bond donors (Lipinski definition) is 0. The Morgan fingerprint density at radius 3 is 2.13 bits per heavy atom. The van der Waals surface area contributed by atoms with E-state index in [-0.39, 0.29) is 12.3 Å². The lowest BCUT2D eigenvalue weighted by Crippen LogP contribution is -2.50. The standard InChI is InChI=1S/C23H29NO5S/c1-23(2,3)29-22(25)21-6-5-15-30(26,27)24(21)16-17-7-9-18(10-8-17)19-11-13-20(28-4)14-12-19/h7-14,21H,5-6,15-16H2,1-4H3/t21-/m1/s1. The summed E-state index contributed by atoms with van der Waals surface area (Å²) in [7, 11) is -1.89. The van der Waals surface area contributed by atoms with Gasteiger partial charge in [0.25, 0.3) is 0 Å². The molecule has 0 amide bonds. The van der Waals surface area contributed by atoms with E-state index in [2.05, 4.69) is 0 Å². The van der Waals surface area contributed by atoms with Crippen LogP contribution in [0.5, 0.6) is 5.75 Å². The maximum Gasteiger partial charge on any atom is 0.324 e. The quantitative estimate of drug-likeness (QED) is 0.669. The lowest BCUT2D eigenvalue weighted by Gasteiger charge is -2.35. The van der Waals surface area contributed by atoms with E-state index < -0.39 is 27.6 Å². The number of esters is 1. The molecular weight excluding hydrogens is 402 g/mol. The zero-order valence-electron chi connectivity index (χ0n) is 17.9. The summed E-state index contributed by atoms with van der Waals surface area (Å²) in [6.45, 7) is 5.49. The molecule has 7 heteroatoms. The van der Waals surface area contributed by atoms with Crippen molar-refractivity contribution in [1.82, 2.24) is 4.31 Å². The molecule has 0 spiro atoms. The number of nitrogens with zero attached hydrogens (tertiary/aromatic N) is 1. The molecular formula is C23H29NO5S. The summed E-state index contributed by atoms with van der Waals surface area (Å²) in [5, 5.41) is 0. The Hall–Kier alpha value is -2.38. The number of methoxy groups -OCH3 is 1. The highest BCUT2D eigenvalue weighted by molar-refractivity contribution is 7.89. The second-order valence-electron chi connectivity index (χ2n) is 8.48. The molecule has 1 aliphatic heterocycles. The Morgan fingerprint density at radius 2 is 1.60 bits per heavy atom. The number of rotatable bonds is 5. The minimum absolute atomic E-state index is 0.0518. The van der Waals surface area contributed by atoms with E-state index in [0.717, 1.165) is 22.4 Å². The van der Waals surface area contributed by atoms with Crippen LogP contribution in [0.2, 0.25) is 0 Å².